The molecular formula is C11H17N7O. The fourth-order valence-corrected chi connectivity index (χ4v) is 1.71. The molecule has 8 nitrogen and oxygen atoms in total. The Morgan fingerprint density at radius 2 is 2.37 bits per heavy atom. The molecule has 2 aromatic rings. The lowest BCUT2D eigenvalue weighted by molar-refractivity contribution is -0.122. The molecule has 0 saturated heterocycles. The molecule has 102 valence electrons. The van der Waals surface area contributed by atoms with Crippen molar-refractivity contribution in [3.8, 4) is 0 Å². The van der Waals surface area contributed by atoms with E-state index >= 15 is 0 Å². The molecule has 2 rings (SSSR count). The van der Waals surface area contributed by atoms with E-state index in [1.54, 1.807) is 17.1 Å². The summed E-state index contributed by atoms with van der Waals surface area (Å²) in [6, 6.07) is 1.84. The quantitative estimate of drug-likeness (QED) is 0.705. The fraction of sp³-hybridized carbons (Fsp3) is 0.455. The number of aromatic nitrogens is 5. The Morgan fingerprint density at radius 1 is 1.53 bits per heavy atom. The summed E-state index contributed by atoms with van der Waals surface area (Å²) in [5.41, 5.74) is 6.09. The minimum Gasteiger partial charge on any atom is -0.350 e. The molecule has 0 saturated carbocycles. The average Bonchev–Trinajstić information content (AvgIpc) is 3.00. The maximum absolute atomic E-state index is 11.8. The van der Waals surface area contributed by atoms with Crippen molar-refractivity contribution < 1.29 is 4.79 Å². The van der Waals surface area contributed by atoms with Gasteiger partial charge in [0.15, 0.2) is 0 Å². The summed E-state index contributed by atoms with van der Waals surface area (Å²) >= 11 is 0. The van der Waals surface area contributed by atoms with Crippen molar-refractivity contribution in [3.05, 3.63) is 30.4 Å². The molecule has 0 bridgehead atoms. The van der Waals surface area contributed by atoms with Crippen molar-refractivity contribution in [1.82, 2.24) is 30.1 Å². The minimum atomic E-state index is -0.117. The first-order chi connectivity index (χ1) is 9.17. The molecule has 1 unspecified atom stereocenters. The molecule has 2 heterocycles. The van der Waals surface area contributed by atoms with Crippen molar-refractivity contribution in [2.75, 3.05) is 0 Å². The van der Waals surface area contributed by atoms with E-state index in [2.05, 4.69) is 20.7 Å². The maximum Gasteiger partial charge on any atom is 0.242 e. The first kappa shape index (κ1) is 13.2. The van der Waals surface area contributed by atoms with Gasteiger partial charge in [-0.3, -0.25) is 9.48 Å². The van der Waals surface area contributed by atoms with Crippen LogP contribution >= 0.6 is 0 Å². The number of hydrogen-bond acceptors (Lipinski definition) is 5. The first-order valence-electron chi connectivity index (χ1n) is 6.03. The summed E-state index contributed by atoms with van der Waals surface area (Å²) in [5.74, 6) is -0.117. The lowest BCUT2D eigenvalue weighted by Gasteiger charge is -2.13. The zero-order valence-electron chi connectivity index (χ0n) is 10.7. The van der Waals surface area contributed by atoms with Gasteiger partial charge >= 0.3 is 0 Å². The third kappa shape index (κ3) is 3.88. The van der Waals surface area contributed by atoms with Crippen LogP contribution in [0.4, 0.5) is 0 Å². The van der Waals surface area contributed by atoms with Crippen molar-refractivity contribution in [3.63, 3.8) is 0 Å². The molecule has 0 aliphatic carbocycles. The van der Waals surface area contributed by atoms with Gasteiger partial charge in [0.1, 0.15) is 6.54 Å². The van der Waals surface area contributed by atoms with Gasteiger partial charge in [0.2, 0.25) is 5.91 Å². The summed E-state index contributed by atoms with van der Waals surface area (Å²) in [6.45, 7) is 3.00. The lowest BCUT2D eigenvalue weighted by atomic mass is 10.3. The molecule has 0 fully saturated rings. The van der Waals surface area contributed by atoms with Crippen LogP contribution in [-0.4, -0.2) is 36.7 Å². The first-order valence-corrected chi connectivity index (χ1v) is 6.03. The number of nitrogens with zero attached hydrogens (tertiary/aromatic N) is 5. The molecule has 0 aliphatic heterocycles. The molecular weight excluding hydrogens is 246 g/mol. The van der Waals surface area contributed by atoms with E-state index in [1.165, 1.54) is 4.68 Å². The maximum atomic E-state index is 11.8. The number of rotatable bonds is 6. The molecule has 0 spiro atoms. The zero-order valence-corrected chi connectivity index (χ0v) is 10.7. The van der Waals surface area contributed by atoms with Crippen molar-refractivity contribution >= 4 is 5.91 Å². The molecule has 0 radical (unpaired) electrons. The van der Waals surface area contributed by atoms with Crippen LogP contribution in [0.5, 0.6) is 0 Å². The van der Waals surface area contributed by atoms with E-state index in [-0.39, 0.29) is 18.5 Å². The lowest BCUT2D eigenvalue weighted by Crippen LogP contribution is -2.37. The monoisotopic (exact) mass is 263 g/mol. The molecule has 0 aromatic carbocycles. The fourth-order valence-electron chi connectivity index (χ4n) is 1.71. The Labute approximate surface area is 110 Å². The van der Waals surface area contributed by atoms with Gasteiger partial charge in [0.25, 0.3) is 0 Å². The second-order valence-electron chi connectivity index (χ2n) is 4.31. The summed E-state index contributed by atoms with van der Waals surface area (Å²) in [4.78, 5) is 11.8. The van der Waals surface area contributed by atoms with Gasteiger partial charge in [-0.05, 0) is 13.0 Å². The van der Waals surface area contributed by atoms with Gasteiger partial charge < -0.3 is 11.1 Å². The number of hydrogen-bond donors (Lipinski definition) is 2. The number of carbonyl (C=O) groups is 1. The minimum absolute atomic E-state index is 0.00935. The van der Waals surface area contributed by atoms with Gasteiger partial charge in [-0.25, -0.2) is 4.68 Å². The van der Waals surface area contributed by atoms with Crippen molar-refractivity contribution in [1.29, 1.82) is 0 Å². The standard InChI is InChI=1S/C11H17N7O/c1-9(6-17-4-2-3-13-17)14-11(19)8-18-7-10(5-12)15-16-18/h2-4,7,9H,5-6,8,12H2,1H3,(H,14,19). The van der Waals surface area contributed by atoms with Crippen LogP contribution in [0, 0.1) is 0 Å². The molecule has 8 heteroatoms. The number of carbonyl (C=O) groups excluding carboxylic acids is 1. The van der Waals surface area contributed by atoms with Crippen molar-refractivity contribution in [2.45, 2.75) is 32.6 Å². The Hall–Kier alpha value is -2.22. The van der Waals surface area contributed by atoms with Gasteiger partial charge in [0, 0.05) is 25.0 Å². The van der Waals surface area contributed by atoms with Gasteiger partial charge in [-0.1, -0.05) is 5.21 Å². The second kappa shape index (κ2) is 6.10. The molecule has 1 atom stereocenters. The number of amides is 1. The summed E-state index contributed by atoms with van der Waals surface area (Å²) in [5, 5.41) is 14.6. The molecule has 2 aromatic heterocycles. The zero-order chi connectivity index (χ0) is 13.7. The highest BCUT2D eigenvalue weighted by molar-refractivity contribution is 5.75. The van der Waals surface area contributed by atoms with Crippen LogP contribution in [0.25, 0.3) is 0 Å². The van der Waals surface area contributed by atoms with Crippen LogP contribution in [0.15, 0.2) is 24.7 Å². The number of nitrogens with two attached hydrogens (primary N) is 1. The smallest absolute Gasteiger partial charge is 0.242 e. The molecule has 3 N–H and O–H groups in total. The predicted molar refractivity (Wildman–Crippen MR) is 67.7 cm³/mol. The summed E-state index contributed by atoms with van der Waals surface area (Å²) < 4.78 is 3.24. The van der Waals surface area contributed by atoms with Gasteiger partial charge in [-0.2, -0.15) is 5.10 Å². The van der Waals surface area contributed by atoms with Crippen LogP contribution in [0.2, 0.25) is 0 Å². The Balaban J connectivity index is 1.80. The Bertz CT molecular complexity index is 519. The van der Waals surface area contributed by atoms with E-state index in [0.717, 1.165) is 0 Å². The highest BCUT2D eigenvalue weighted by atomic mass is 16.2. The van der Waals surface area contributed by atoms with Crippen LogP contribution in [0.3, 0.4) is 0 Å². The van der Waals surface area contributed by atoms with Gasteiger partial charge in [0.05, 0.1) is 18.4 Å². The average molecular weight is 263 g/mol. The van der Waals surface area contributed by atoms with E-state index in [4.69, 9.17) is 5.73 Å². The topological polar surface area (TPSA) is 104 Å². The van der Waals surface area contributed by atoms with E-state index in [9.17, 15) is 4.79 Å². The summed E-state index contributed by atoms with van der Waals surface area (Å²) in [7, 11) is 0. The highest BCUT2D eigenvalue weighted by Crippen LogP contribution is 1.93. The van der Waals surface area contributed by atoms with Crippen molar-refractivity contribution in [2.24, 2.45) is 5.73 Å². The summed E-state index contributed by atoms with van der Waals surface area (Å²) in [6.07, 6.45) is 5.23. The third-order valence-electron chi connectivity index (χ3n) is 2.53. The van der Waals surface area contributed by atoms with E-state index in [1.807, 2.05) is 19.2 Å². The molecule has 19 heavy (non-hydrogen) atoms. The second-order valence-corrected chi connectivity index (χ2v) is 4.31. The molecule has 1 amide bonds. The highest BCUT2D eigenvalue weighted by Gasteiger charge is 2.09. The Kier molecular flexibility index (Phi) is 4.24. The largest absolute Gasteiger partial charge is 0.350 e. The van der Waals surface area contributed by atoms with Gasteiger partial charge in [-0.15, -0.1) is 5.10 Å². The molecule has 0 aliphatic rings. The Morgan fingerprint density at radius 3 is 3.00 bits per heavy atom. The number of nitrogens with one attached hydrogen (secondary N) is 1. The normalized spacial score (nSPS) is 12.3. The van der Waals surface area contributed by atoms with Crippen LogP contribution in [0.1, 0.15) is 12.6 Å². The predicted octanol–water partition coefficient (Wildman–Crippen LogP) is -0.862. The van der Waals surface area contributed by atoms with E-state index in [0.29, 0.717) is 18.8 Å². The van der Waals surface area contributed by atoms with Crippen LogP contribution < -0.4 is 11.1 Å². The SMILES string of the molecule is CC(Cn1cccn1)NC(=O)Cn1cc(CN)nn1. The third-order valence-corrected chi connectivity index (χ3v) is 2.53. The van der Waals surface area contributed by atoms with Crippen LogP contribution in [-0.2, 0) is 24.4 Å². The van der Waals surface area contributed by atoms with E-state index < -0.39 is 0 Å².